The molecule has 0 aliphatic heterocycles. The summed E-state index contributed by atoms with van der Waals surface area (Å²) in [6.45, 7) is 5.69. The summed E-state index contributed by atoms with van der Waals surface area (Å²) in [4.78, 5) is 0. The molecule has 0 unspecified atom stereocenters. The van der Waals surface area contributed by atoms with Crippen molar-refractivity contribution < 1.29 is 0 Å². The van der Waals surface area contributed by atoms with Crippen LogP contribution < -0.4 is 0 Å². The lowest BCUT2D eigenvalue weighted by atomic mass is 9.95. The van der Waals surface area contributed by atoms with Crippen molar-refractivity contribution in [3.63, 3.8) is 0 Å². The first kappa shape index (κ1) is 11.0. The Morgan fingerprint density at radius 2 is 1.36 bits per heavy atom. The SMILES string of the molecule is Cc1c(C)c(C#N)c(C)c(C#N)c1I. The molecule has 0 fully saturated rings. The second-order valence-corrected chi connectivity index (χ2v) is 4.24. The molecule has 0 aliphatic carbocycles. The van der Waals surface area contributed by atoms with Gasteiger partial charge in [0.2, 0.25) is 0 Å². The molecular formula is C11H9IN2. The number of rotatable bonds is 0. The lowest BCUT2D eigenvalue weighted by molar-refractivity contribution is 1.22. The van der Waals surface area contributed by atoms with E-state index >= 15 is 0 Å². The molecule has 0 radical (unpaired) electrons. The number of nitrogens with zero attached hydrogens (tertiary/aromatic N) is 2. The van der Waals surface area contributed by atoms with Crippen LogP contribution in [0, 0.1) is 47.0 Å². The molecule has 0 aromatic heterocycles. The predicted octanol–water partition coefficient (Wildman–Crippen LogP) is 2.96. The highest BCUT2D eigenvalue weighted by Gasteiger charge is 2.14. The zero-order valence-electron chi connectivity index (χ0n) is 8.27. The molecule has 0 atom stereocenters. The first-order valence-electron chi connectivity index (χ1n) is 4.14. The lowest BCUT2D eigenvalue weighted by Crippen LogP contribution is -2.00. The number of hydrogen-bond donors (Lipinski definition) is 0. The van der Waals surface area contributed by atoms with Crippen molar-refractivity contribution in [3.05, 3.63) is 31.4 Å². The van der Waals surface area contributed by atoms with Gasteiger partial charge < -0.3 is 0 Å². The van der Waals surface area contributed by atoms with Crippen LogP contribution >= 0.6 is 22.6 Å². The molecule has 3 heteroatoms. The number of nitriles is 2. The Morgan fingerprint density at radius 1 is 0.857 bits per heavy atom. The van der Waals surface area contributed by atoms with E-state index in [2.05, 4.69) is 34.7 Å². The van der Waals surface area contributed by atoms with Crippen LogP contribution in [-0.4, -0.2) is 0 Å². The number of hydrogen-bond acceptors (Lipinski definition) is 2. The van der Waals surface area contributed by atoms with Gasteiger partial charge in [0.25, 0.3) is 0 Å². The van der Waals surface area contributed by atoms with E-state index in [0.29, 0.717) is 11.1 Å². The third-order valence-electron chi connectivity index (χ3n) is 2.46. The second kappa shape index (κ2) is 3.98. The zero-order chi connectivity index (χ0) is 10.9. The van der Waals surface area contributed by atoms with E-state index in [1.807, 2.05) is 20.8 Å². The van der Waals surface area contributed by atoms with E-state index in [-0.39, 0.29) is 0 Å². The topological polar surface area (TPSA) is 47.6 Å². The molecule has 0 saturated heterocycles. The molecule has 0 spiro atoms. The molecule has 2 nitrogen and oxygen atoms in total. The lowest BCUT2D eigenvalue weighted by Gasteiger charge is -2.10. The van der Waals surface area contributed by atoms with Crippen LogP contribution in [-0.2, 0) is 0 Å². The van der Waals surface area contributed by atoms with Crippen molar-refractivity contribution in [2.45, 2.75) is 20.8 Å². The largest absolute Gasteiger partial charge is 0.192 e. The van der Waals surface area contributed by atoms with Gasteiger partial charge in [-0.2, -0.15) is 10.5 Å². The van der Waals surface area contributed by atoms with E-state index < -0.39 is 0 Å². The molecule has 70 valence electrons. The van der Waals surface area contributed by atoms with E-state index in [1.165, 1.54) is 0 Å². The minimum absolute atomic E-state index is 0.630. The maximum Gasteiger partial charge on any atom is 0.101 e. The van der Waals surface area contributed by atoms with E-state index in [0.717, 1.165) is 20.3 Å². The Morgan fingerprint density at radius 3 is 1.79 bits per heavy atom. The highest BCUT2D eigenvalue weighted by Crippen LogP contribution is 2.27. The Hall–Kier alpha value is -1.07. The van der Waals surface area contributed by atoms with Crippen molar-refractivity contribution in [3.8, 4) is 12.1 Å². The van der Waals surface area contributed by atoms with Gasteiger partial charge in [0, 0.05) is 3.57 Å². The normalized spacial score (nSPS) is 9.29. The van der Waals surface area contributed by atoms with Gasteiger partial charge in [0.05, 0.1) is 17.2 Å². The zero-order valence-corrected chi connectivity index (χ0v) is 10.4. The van der Waals surface area contributed by atoms with Crippen molar-refractivity contribution in [2.24, 2.45) is 0 Å². The summed E-state index contributed by atoms with van der Waals surface area (Å²) < 4.78 is 0.958. The van der Waals surface area contributed by atoms with Gasteiger partial charge >= 0.3 is 0 Å². The minimum atomic E-state index is 0.630. The Labute approximate surface area is 97.3 Å². The van der Waals surface area contributed by atoms with Crippen molar-refractivity contribution in [1.82, 2.24) is 0 Å². The number of benzene rings is 1. The summed E-state index contributed by atoms with van der Waals surface area (Å²) in [6, 6.07) is 4.30. The molecular weight excluding hydrogens is 287 g/mol. The Balaban J connectivity index is 3.78. The first-order chi connectivity index (χ1) is 6.54. The Kier molecular flexibility index (Phi) is 3.13. The van der Waals surface area contributed by atoms with Gasteiger partial charge in [-0.25, -0.2) is 0 Å². The van der Waals surface area contributed by atoms with Gasteiger partial charge in [0.15, 0.2) is 0 Å². The quantitative estimate of drug-likeness (QED) is 0.691. The maximum atomic E-state index is 8.97. The van der Waals surface area contributed by atoms with Gasteiger partial charge in [-0.3, -0.25) is 0 Å². The van der Waals surface area contributed by atoms with Crippen LogP contribution in [0.2, 0.25) is 0 Å². The third kappa shape index (κ3) is 1.49. The summed E-state index contributed by atoms with van der Waals surface area (Å²) in [7, 11) is 0. The molecule has 0 heterocycles. The van der Waals surface area contributed by atoms with E-state index in [1.54, 1.807) is 0 Å². The maximum absolute atomic E-state index is 8.97. The van der Waals surface area contributed by atoms with Gasteiger partial charge in [-0.1, -0.05) is 0 Å². The highest BCUT2D eigenvalue weighted by molar-refractivity contribution is 14.1. The summed E-state index contributed by atoms with van der Waals surface area (Å²) in [5.74, 6) is 0. The van der Waals surface area contributed by atoms with Crippen LogP contribution in [0.4, 0.5) is 0 Å². The third-order valence-corrected chi connectivity index (χ3v) is 3.81. The average Bonchev–Trinajstić information content (AvgIpc) is 2.16. The van der Waals surface area contributed by atoms with Crippen LogP contribution in [0.25, 0.3) is 0 Å². The monoisotopic (exact) mass is 296 g/mol. The van der Waals surface area contributed by atoms with Gasteiger partial charge in [0.1, 0.15) is 6.07 Å². The van der Waals surface area contributed by atoms with E-state index in [4.69, 9.17) is 10.5 Å². The molecule has 1 rings (SSSR count). The fourth-order valence-corrected chi connectivity index (χ4v) is 2.34. The second-order valence-electron chi connectivity index (χ2n) is 3.16. The van der Waals surface area contributed by atoms with Gasteiger partial charge in [-0.15, -0.1) is 0 Å². The highest BCUT2D eigenvalue weighted by atomic mass is 127. The molecule has 0 N–H and O–H groups in total. The summed E-state index contributed by atoms with van der Waals surface area (Å²) in [5, 5.41) is 17.9. The van der Waals surface area contributed by atoms with Crippen LogP contribution in [0.15, 0.2) is 0 Å². The van der Waals surface area contributed by atoms with Crippen LogP contribution in [0.3, 0.4) is 0 Å². The fraction of sp³-hybridized carbons (Fsp3) is 0.273. The Bertz CT molecular complexity index is 435. The minimum Gasteiger partial charge on any atom is -0.192 e. The molecule has 1 aromatic rings. The van der Waals surface area contributed by atoms with Crippen molar-refractivity contribution in [1.29, 1.82) is 10.5 Å². The van der Waals surface area contributed by atoms with Gasteiger partial charge in [-0.05, 0) is 60.1 Å². The first-order valence-corrected chi connectivity index (χ1v) is 5.21. The van der Waals surface area contributed by atoms with E-state index in [9.17, 15) is 0 Å². The van der Waals surface area contributed by atoms with Crippen molar-refractivity contribution >= 4 is 22.6 Å². The predicted molar refractivity (Wildman–Crippen MR) is 62.8 cm³/mol. The summed E-state index contributed by atoms with van der Waals surface area (Å²) in [6.07, 6.45) is 0. The smallest absolute Gasteiger partial charge is 0.101 e. The average molecular weight is 296 g/mol. The summed E-state index contributed by atoms with van der Waals surface area (Å²) in [5.41, 5.74) is 4.07. The molecule has 0 amide bonds. The molecule has 0 aliphatic rings. The van der Waals surface area contributed by atoms with Crippen LogP contribution in [0.1, 0.15) is 27.8 Å². The molecule has 1 aromatic carbocycles. The van der Waals surface area contributed by atoms with Crippen molar-refractivity contribution in [2.75, 3.05) is 0 Å². The van der Waals surface area contributed by atoms with Crippen LogP contribution in [0.5, 0.6) is 0 Å². The molecule has 0 saturated carbocycles. The standard InChI is InChI=1S/C11H9IN2/c1-6-7(2)11(12)10(5-14)8(3)9(6)4-13/h1-3H3. The fourth-order valence-electron chi connectivity index (χ4n) is 1.41. The molecule has 0 bridgehead atoms. The molecule has 14 heavy (non-hydrogen) atoms. The summed E-state index contributed by atoms with van der Waals surface area (Å²) >= 11 is 2.16. The number of halogens is 1.